The molecule has 1 amide bonds. The van der Waals surface area contributed by atoms with Gasteiger partial charge in [-0.15, -0.1) is 0 Å². The lowest BCUT2D eigenvalue weighted by molar-refractivity contribution is -0.218. The van der Waals surface area contributed by atoms with Crippen molar-refractivity contribution in [3.05, 3.63) is 70.9 Å². The van der Waals surface area contributed by atoms with E-state index in [0.29, 0.717) is 63.2 Å². The van der Waals surface area contributed by atoms with Gasteiger partial charge in [-0.05, 0) is 67.8 Å². The molecule has 1 aromatic heterocycles. The Bertz CT molecular complexity index is 2160. The number of nitrogens with one attached hydrogen (secondary N) is 2. The molecule has 1 aliphatic carbocycles. The van der Waals surface area contributed by atoms with Crippen molar-refractivity contribution in [1.29, 1.82) is 0 Å². The number of carbonyl (C=O) groups excluding carboxylic acids is 3. The zero-order valence-corrected chi connectivity index (χ0v) is 34.5. The smallest absolute Gasteiger partial charge is 0.322 e. The van der Waals surface area contributed by atoms with Crippen LogP contribution in [0.5, 0.6) is 5.75 Å². The number of methoxy groups -OCH3 is 2. The van der Waals surface area contributed by atoms with Crippen LogP contribution >= 0.6 is 0 Å². The first-order valence-electron chi connectivity index (χ1n) is 20.7. The third-order valence-electron chi connectivity index (χ3n) is 14.6. The molecule has 58 heavy (non-hydrogen) atoms. The van der Waals surface area contributed by atoms with Crippen LogP contribution in [0, 0.1) is 11.3 Å². The number of fused-ring (bicyclic) bond motifs is 4. The molecule has 3 aromatic rings. The number of amides is 1. The Kier molecular flexibility index (Phi) is 10.2. The first-order chi connectivity index (χ1) is 27.9. The summed E-state index contributed by atoms with van der Waals surface area (Å²) in [6.07, 6.45) is 6.41. The van der Waals surface area contributed by atoms with Gasteiger partial charge in [0.1, 0.15) is 11.2 Å². The summed E-state index contributed by atoms with van der Waals surface area (Å²) >= 11 is 0. The number of esters is 2. The van der Waals surface area contributed by atoms with E-state index in [1.165, 1.54) is 14.0 Å². The van der Waals surface area contributed by atoms with E-state index in [0.717, 1.165) is 46.3 Å². The van der Waals surface area contributed by atoms with E-state index in [-0.39, 0.29) is 18.7 Å². The average molecular weight is 799 g/mol. The highest BCUT2D eigenvalue weighted by Crippen LogP contribution is 2.68. The number of aromatic amines is 1. The van der Waals surface area contributed by atoms with Gasteiger partial charge in [0.05, 0.1) is 27.0 Å². The van der Waals surface area contributed by atoms with E-state index in [4.69, 9.17) is 20.1 Å². The Morgan fingerprint density at radius 3 is 2.53 bits per heavy atom. The van der Waals surface area contributed by atoms with E-state index in [1.807, 2.05) is 55.3 Å². The Morgan fingerprint density at radius 1 is 1.09 bits per heavy atom. The molecule has 0 unspecified atom stereocenters. The van der Waals surface area contributed by atoms with Gasteiger partial charge in [0.2, 0.25) is 5.60 Å². The second-order valence-electron chi connectivity index (χ2n) is 17.2. The minimum absolute atomic E-state index is 0.0316. The number of aliphatic hydroxyl groups is 2. The number of hydrazine groups is 1. The number of nitrogens with two attached hydrogens (primary N) is 1. The maximum Gasteiger partial charge on any atom is 0.322 e. The number of H-pyrrole nitrogens is 1. The van der Waals surface area contributed by atoms with E-state index < -0.39 is 51.8 Å². The topological polar surface area (TPSA) is 183 Å². The van der Waals surface area contributed by atoms with Crippen LogP contribution in [0.3, 0.4) is 0 Å². The second-order valence-corrected chi connectivity index (χ2v) is 17.2. The quantitative estimate of drug-likeness (QED) is 0.0703. The van der Waals surface area contributed by atoms with Crippen molar-refractivity contribution < 1.29 is 38.8 Å². The zero-order chi connectivity index (χ0) is 41.4. The highest BCUT2D eigenvalue weighted by Gasteiger charge is 2.80. The Labute approximate surface area is 339 Å². The van der Waals surface area contributed by atoms with Gasteiger partial charge in [-0.2, -0.15) is 0 Å². The number of ether oxygens (including phenoxy) is 3. The summed E-state index contributed by atoms with van der Waals surface area (Å²) in [5.74, 6) is 4.45. The van der Waals surface area contributed by atoms with Crippen LogP contribution in [-0.4, -0.2) is 121 Å². The van der Waals surface area contributed by atoms with Crippen molar-refractivity contribution in [2.45, 2.75) is 93.9 Å². The second kappa shape index (κ2) is 14.7. The fourth-order valence-electron chi connectivity index (χ4n) is 12.7. The van der Waals surface area contributed by atoms with Gasteiger partial charge in [-0.1, -0.05) is 50.6 Å². The van der Waals surface area contributed by atoms with Crippen molar-refractivity contribution in [3.63, 3.8) is 0 Å². The van der Waals surface area contributed by atoms with Gasteiger partial charge in [0.15, 0.2) is 6.10 Å². The van der Waals surface area contributed by atoms with Gasteiger partial charge in [0, 0.05) is 84.4 Å². The average Bonchev–Trinajstić information content (AvgIpc) is 3.89. The van der Waals surface area contributed by atoms with Crippen molar-refractivity contribution >= 4 is 34.4 Å². The van der Waals surface area contributed by atoms with Gasteiger partial charge in [0.25, 0.3) is 5.91 Å². The molecule has 4 aliphatic heterocycles. The first kappa shape index (κ1) is 40.3. The summed E-state index contributed by atoms with van der Waals surface area (Å²) in [5, 5.41) is 24.9. The number of anilines is 1. The van der Waals surface area contributed by atoms with Crippen LogP contribution < -0.4 is 20.9 Å². The Hall–Kier alpha value is -4.47. The molecular weight excluding hydrogens is 741 g/mol. The van der Waals surface area contributed by atoms with Gasteiger partial charge in [-0.25, -0.2) is 5.84 Å². The minimum atomic E-state index is -2.31. The van der Waals surface area contributed by atoms with Crippen molar-refractivity contribution in [2.24, 2.45) is 17.2 Å². The lowest BCUT2D eigenvalue weighted by Gasteiger charge is -2.63. The molecule has 14 heteroatoms. The predicted molar refractivity (Wildman–Crippen MR) is 218 cm³/mol. The fourth-order valence-corrected chi connectivity index (χ4v) is 12.7. The Morgan fingerprint density at radius 2 is 1.86 bits per heavy atom. The molecule has 312 valence electrons. The summed E-state index contributed by atoms with van der Waals surface area (Å²) in [7, 11) is 4.87. The summed E-state index contributed by atoms with van der Waals surface area (Å²) in [5.41, 5.74) is 1.43. The number of benzene rings is 2. The van der Waals surface area contributed by atoms with Crippen LogP contribution in [-0.2, 0) is 41.1 Å². The maximum atomic E-state index is 15.2. The number of hydrogen-bond acceptors (Lipinski definition) is 12. The van der Waals surface area contributed by atoms with Gasteiger partial charge < -0.3 is 34.3 Å². The molecular formula is C44H58N6O8. The standard InChI is InChI=1S/C44H58N6O8/c1-7-12-27-23-43(40(54)57-6,35-29(15-19-49(24-27)25-51)28-13-9-10-14-32(28)46-35)31-21-30-33(22-34(31)56-5)48(4)37-42(30)17-20-50-18-11-16-41(8-2,36(42)50)38(58-26(3)52)44(37,55)39(53)47-45/h9-11,13-14,16,21-22,27,36-38,46,51,55H,7-8,12,15,17-20,23-25,45H2,1-6H3,(H,47,53)/t27-,36-,37+,38+,41+,42+,43-,44-/m0/s1. The summed E-state index contributed by atoms with van der Waals surface area (Å²) in [4.78, 5) is 52.7. The lowest BCUT2D eigenvalue weighted by Crippen LogP contribution is -2.82. The van der Waals surface area contributed by atoms with Crippen LogP contribution in [0.15, 0.2) is 48.6 Å². The van der Waals surface area contributed by atoms with Gasteiger partial charge >= 0.3 is 11.9 Å². The molecule has 14 nitrogen and oxygen atoms in total. The summed E-state index contributed by atoms with van der Waals surface area (Å²) in [6.45, 7) is 7.78. The van der Waals surface area contributed by atoms with Gasteiger partial charge in [-0.3, -0.25) is 29.6 Å². The number of aromatic nitrogens is 1. The molecule has 5 aliphatic rings. The third kappa shape index (κ3) is 5.30. The molecule has 1 saturated carbocycles. The summed E-state index contributed by atoms with van der Waals surface area (Å²) < 4.78 is 18.4. The normalized spacial score (nSPS) is 32.9. The molecule has 8 atom stereocenters. The monoisotopic (exact) mass is 798 g/mol. The number of aliphatic hydroxyl groups excluding tert-OH is 1. The molecule has 1 spiro atoms. The molecule has 0 radical (unpaired) electrons. The van der Waals surface area contributed by atoms with Crippen LogP contribution in [0.1, 0.15) is 75.3 Å². The van der Waals surface area contributed by atoms with Crippen molar-refractivity contribution in [1.82, 2.24) is 20.2 Å². The number of para-hydroxylation sites is 1. The van der Waals surface area contributed by atoms with E-state index in [1.54, 1.807) is 7.11 Å². The van der Waals surface area contributed by atoms with Crippen LogP contribution in [0.4, 0.5) is 5.69 Å². The van der Waals surface area contributed by atoms with E-state index in [2.05, 4.69) is 39.3 Å². The van der Waals surface area contributed by atoms with Crippen molar-refractivity contribution in [3.8, 4) is 5.75 Å². The highest BCUT2D eigenvalue weighted by molar-refractivity contribution is 5.95. The Balaban J connectivity index is 1.47. The van der Waals surface area contributed by atoms with Crippen molar-refractivity contribution in [2.75, 3.05) is 59.1 Å². The number of hydrogen-bond donors (Lipinski definition) is 5. The molecule has 6 N–H and O–H groups in total. The molecule has 5 heterocycles. The molecule has 2 fully saturated rings. The zero-order valence-electron chi connectivity index (χ0n) is 34.5. The molecule has 8 rings (SSSR count). The largest absolute Gasteiger partial charge is 0.496 e. The summed E-state index contributed by atoms with van der Waals surface area (Å²) in [6, 6.07) is 10.8. The number of carbonyl (C=O) groups is 3. The fraction of sp³-hybridized carbons (Fsp3) is 0.568. The molecule has 0 bridgehead atoms. The minimum Gasteiger partial charge on any atom is -0.496 e. The third-order valence-corrected chi connectivity index (χ3v) is 14.6. The number of rotatable bonds is 9. The maximum absolute atomic E-state index is 15.2. The SMILES string of the molecule is CCC[C@@H]1CN(CO)CCc2c([nH]c3ccccc23)[C@@](C(=O)OC)(c2cc3c(cc2OC)N(C)[C@H]2[C@@](O)(C(=O)NN)[C@H](OC(C)=O)[C@]4(CC)C=CCN5CC[C@]32[C@@H]54)C1. The van der Waals surface area contributed by atoms with Crippen LogP contribution in [0.2, 0.25) is 0 Å². The molecule has 1 saturated heterocycles. The first-order valence-corrected chi connectivity index (χ1v) is 20.7. The van der Waals surface area contributed by atoms with E-state index >= 15 is 4.79 Å². The van der Waals surface area contributed by atoms with E-state index in [9.17, 15) is 19.8 Å². The number of nitrogens with zero attached hydrogens (tertiary/aromatic N) is 3. The highest BCUT2D eigenvalue weighted by atomic mass is 16.6. The molecule has 2 aromatic carbocycles. The lowest BCUT2D eigenvalue weighted by atomic mass is 9.47. The number of likely N-dealkylation sites (N-methyl/N-ethyl adjacent to an activating group) is 1. The predicted octanol–water partition coefficient (Wildman–Crippen LogP) is 3.01. The van der Waals surface area contributed by atoms with Crippen LogP contribution in [0.25, 0.3) is 10.9 Å².